The van der Waals surface area contributed by atoms with Crippen LogP contribution in [0.15, 0.2) is 61.1 Å². The van der Waals surface area contributed by atoms with Crippen LogP contribution in [0.2, 0.25) is 0 Å². The van der Waals surface area contributed by atoms with Crippen molar-refractivity contribution in [1.29, 1.82) is 0 Å². The van der Waals surface area contributed by atoms with E-state index in [0.29, 0.717) is 65.0 Å². The van der Waals surface area contributed by atoms with E-state index in [1.165, 1.54) is 18.3 Å². The van der Waals surface area contributed by atoms with Gasteiger partial charge in [-0.1, -0.05) is 12.1 Å². The Hall–Kier alpha value is -5.90. The van der Waals surface area contributed by atoms with Gasteiger partial charge in [0.15, 0.2) is 11.6 Å². The van der Waals surface area contributed by atoms with E-state index in [-0.39, 0.29) is 40.9 Å². The van der Waals surface area contributed by atoms with E-state index in [0.717, 1.165) is 54.4 Å². The van der Waals surface area contributed by atoms with Crippen LogP contribution in [0.25, 0.3) is 32.9 Å². The van der Waals surface area contributed by atoms with Gasteiger partial charge < -0.3 is 14.7 Å². The number of nitrogens with zero attached hydrogens (tertiary/aromatic N) is 7. The van der Waals surface area contributed by atoms with Crippen molar-refractivity contribution in [2.24, 2.45) is 11.3 Å². The van der Waals surface area contributed by atoms with Gasteiger partial charge in [-0.2, -0.15) is 8.78 Å². The number of aromatic nitrogens is 3. The highest BCUT2D eigenvalue weighted by Gasteiger charge is 2.53. The molecular formula is C42H38F4N8O4. The van der Waals surface area contributed by atoms with Gasteiger partial charge in [0.1, 0.15) is 11.9 Å². The van der Waals surface area contributed by atoms with Crippen LogP contribution in [0.3, 0.4) is 0 Å². The first kappa shape index (κ1) is 36.4. The van der Waals surface area contributed by atoms with Crippen molar-refractivity contribution < 1.29 is 36.7 Å². The number of nitrogens with one attached hydrogen (secondary N) is 1. The molecule has 0 saturated carbocycles. The predicted octanol–water partition coefficient (Wildman–Crippen LogP) is 5.75. The third-order valence-electron chi connectivity index (χ3n) is 12.7. The Bertz CT molecular complexity index is 2560. The molecule has 4 fully saturated rings. The summed E-state index contributed by atoms with van der Waals surface area (Å²) < 4.78 is 60.1. The minimum atomic E-state index is -2.75. The smallest absolute Gasteiger partial charge is 0.319 e. The molecule has 4 amide bonds. The summed E-state index contributed by atoms with van der Waals surface area (Å²) in [6.45, 7) is 2.54. The summed E-state index contributed by atoms with van der Waals surface area (Å²) in [4.78, 5) is 66.0. The van der Waals surface area contributed by atoms with E-state index >= 15 is 8.78 Å². The zero-order valence-corrected chi connectivity index (χ0v) is 31.3. The molecule has 12 nitrogen and oxygen atoms in total. The summed E-state index contributed by atoms with van der Waals surface area (Å²) in [7, 11) is 0. The van der Waals surface area contributed by atoms with Crippen LogP contribution in [-0.2, 0) is 9.59 Å². The molecule has 298 valence electrons. The topological polar surface area (TPSA) is 124 Å². The van der Waals surface area contributed by atoms with Crippen LogP contribution in [0, 0.1) is 23.0 Å². The van der Waals surface area contributed by atoms with Crippen molar-refractivity contribution in [1.82, 2.24) is 29.7 Å². The average Bonchev–Trinajstić information content (AvgIpc) is 3.63. The van der Waals surface area contributed by atoms with Crippen LogP contribution in [0.5, 0.6) is 0 Å². The van der Waals surface area contributed by atoms with Gasteiger partial charge in [0.25, 0.3) is 11.8 Å². The van der Waals surface area contributed by atoms with Crippen molar-refractivity contribution in [3.63, 3.8) is 0 Å². The lowest BCUT2D eigenvalue weighted by Gasteiger charge is -2.61. The maximum Gasteiger partial charge on any atom is 0.319 e. The number of hydrogen-bond donors (Lipinski definition) is 1. The SMILES string of the molecule is O=C1CCC(N2C(=O)c3cc(F)c(N4CC5(CN(CCC6CCN(c7ncc(-c8ccc9c%10cnccc%10n(C(F)F)c9c8)cc7F)CC6)C5)C4)cc3C2=O)C(=O)N1. The van der Waals surface area contributed by atoms with Gasteiger partial charge in [-0.25, -0.2) is 13.8 Å². The zero-order valence-electron chi connectivity index (χ0n) is 31.3. The molecule has 0 aliphatic carbocycles. The first-order chi connectivity index (χ1) is 28.0. The Kier molecular flexibility index (Phi) is 8.55. The van der Waals surface area contributed by atoms with E-state index in [1.807, 2.05) is 9.80 Å². The fourth-order valence-electron chi connectivity index (χ4n) is 9.82. The minimum absolute atomic E-state index is 0.00827. The maximum atomic E-state index is 15.6. The number of piperidine rings is 2. The molecular weight excluding hydrogens is 757 g/mol. The van der Waals surface area contributed by atoms with Crippen molar-refractivity contribution in [3.8, 4) is 11.1 Å². The summed E-state index contributed by atoms with van der Waals surface area (Å²) in [5, 5.41) is 3.44. The summed E-state index contributed by atoms with van der Waals surface area (Å²) >= 11 is 0. The number of fused-ring (bicyclic) bond motifs is 4. The molecule has 2 aromatic carbocycles. The number of anilines is 2. The van der Waals surface area contributed by atoms with E-state index in [1.54, 1.807) is 36.7 Å². The van der Waals surface area contributed by atoms with Crippen LogP contribution >= 0.6 is 0 Å². The number of carbonyl (C=O) groups is 4. The van der Waals surface area contributed by atoms with Crippen LogP contribution in [-0.4, -0.2) is 99.8 Å². The van der Waals surface area contributed by atoms with Gasteiger partial charge >= 0.3 is 6.55 Å². The summed E-state index contributed by atoms with van der Waals surface area (Å²) in [5.74, 6) is -2.84. The van der Waals surface area contributed by atoms with Gasteiger partial charge in [0.05, 0.1) is 27.8 Å². The average molecular weight is 795 g/mol. The Balaban J connectivity index is 0.711. The molecule has 0 radical (unpaired) electrons. The summed E-state index contributed by atoms with van der Waals surface area (Å²) in [5.41, 5.74) is 2.11. The Morgan fingerprint density at radius 3 is 2.28 bits per heavy atom. The van der Waals surface area contributed by atoms with Crippen molar-refractivity contribution >= 4 is 56.9 Å². The van der Waals surface area contributed by atoms with E-state index < -0.39 is 47.9 Å². The van der Waals surface area contributed by atoms with Gasteiger partial charge in [-0.15, -0.1) is 0 Å². The highest BCUT2D eigenvalue weighted by atomic mass is 19.3. The molecule has 8 heterocycles. The predicted molar refractivity (Wildman–Crippen MR) is 205 cm³/mol. The molecule has 1 atom stereocenters. The quantitative estimate of drug-likeness (QED) is 0.155. The van der Waals surface area contributed by atoms with E-state index in [2.05, 4.69) is 20.2 Å². The summed E-state index contributed by atoms with van der Waals surface area (Å²) in [6, 6.07) is 9.57. The first-order valence-electron chi connectivity index (χ1n) is 19.6. The lowest BCUT2D eigenvalue weighted by molar-refractivity contribution is -0.136. The molecule has 1 spiro atoms. The molecule has 4 saturated heterocycles. The Morgan fingerprint density at radius 2 is 1.55 bits per heavy atom. The molecule has 3 aromatic heterocycles. The first-order valence-corrected chi connectivity index (χ1v) is 19.6. The van der Waals surface area contributed by atoms with Gasteiger partial charge in [-0.3, -0.25) is 38.9 Å². The normalized spacial score (nSPS) is 21.1. The molecule has 10 rings (SSSR count). The molecule has 1 N–H and O–H groups in total. The Labute approximate surface area is 329 Å². The van der Waals surface area contributed by atoms with Crippen molar-refractivity contribution in [2.75, 3.05) is 55.6 Å². The number of alkyl halides is 2. The number of halogens is 4. The second-order valence-electron chi connectivity index (χ2n) is 16.4. The van der Waals surface area contributed by atoms with Gasteiger partial charge in [0, 0.05) is 86.0 Å². The molecule has 5 aromatic rings. The number of benzene rings is 2. The standard InChI is InChI=1S/C42H38F4N8O4/c43-30-15-27-28(40(58)54(39(27)57)33-3-4-36(55)49-38(33)56)16-35(30)52-21-42(22-52)19-50(20-42)10-6-23-7-11-51(12-8-23)37-31(44)13-25(17-48-37)24-1-2-26-29-18-47-9-5-32(29)53(41(45)46)34(26)14-24/h1-2,5,9,13-18,23,33,41H,3-4,6-8,10-12,19-22H2,(H,49,55,56). The number of rotatable bonds is 8. The molecule has 58 heavy (non-hydrogen) atoms. The van der Waals surface area contributed by atoms with Gasteiger partial charge in [0.2, 0.25) is 11.8 Å². The molecule has 16 heteroatoms. The second kappa shape index (κ2) is 13.6. The number of carbonyl (C=O) groups excluding carboxylic acids is 4. The lowest BCUT2D eigenvalue weighted by Crippen LogP contribution is -2.72. The van der Waals surface area contributed by atoms with Crippen molar-refractivity contribution in [3.05, 3.63) is 83.8 Å². The van der Waals surface area contributed by atoms with Crippen LogP contribution < -0.4 is 15.1 Å². The summed E-state index contributed by atoms with van der Waals surface area (Å²) in [6.07, 6.45) is 7.51. The molecule has 5 aliphatic rings. The highest BCUT2D eigenvalue weighted by molar-refractivity contribution is 6.23. The molecule has 5 aliphatic heterocycles. The zero-order chi connectivity index (χ0) is 40.0. The monoisotopic (exact) mass is 794 g/mol. The third-order valence-corrected chi connectivity index (χ3v) is 12.7. The van der Waals surface area contributed by atoms with Crippen molar-refractivity contribution in [2.45, 2.75) is 44.7 Å². The largest absolute Gasteiger partial charge is 0.368 e. The van der Waals surface area contributed by atoms with Gasteiger partial charge in [-0.05, 0) is 74.0 Å². The number of amides is 4. The highest BCUT2D eigenvalue weighted by Crippen LogP contribution is 2.44. The lowest BCUT2D eigenvalue weighted by atomic mass is 9.72. The number of imide groups is 2. The number of hydrogen-bond acceptors (Lipinski definition) is 9. The third kappa shape index (κ3) is 5.90. The minimum Gasteiger partial charge on any atom is -0.368 e. The fraction of sp³-hybridized carbons (Fsp3) is 0.381. The fourth-order valence-corrected chi connectivity index (χ4v) is 9.82. The number of likely N-dealkylation sites (tertiary alicyclic amines) is 1. The van der Waals surface area contributed by atoms with E-state index in [9.17, 15) is 28.0 Å². The molecule has 1 unspecified atom stereocenters. The van der Waals surface area contributed by atoms with Crippen LogP contribution in [0.4, 0.5) is 29.1 Å². The number of pyridine rings is 2. The Morgan fingerprint density at radius 1 is 0.793 bits per heavy atom. The van der Waals surface area contributed by atoms with E-state index in [4.69, 9.17) is 0 Å². The maximum absolute atomic E-state index is 15.6. The molecule has 0 bridgehead atoms. The van der Waals surface area contributed by atoms with Crippen LogP contribution in [0.1, 0.15) is 59.4 Å². The second-order valence-corrected chi connectivity index (χ2v) is 16.4.